The molecule has 0 atom stereocenters. The van der Waals surface area contributed by atoms with Crippen molar-refractivity contribution in [2.24, 2.45) is 0 Å². The van der Waals surface area contributed by atoms with Crippen molar-refractivity contribution in [2.45, 2.75) is 20.4 Å². The molecule has 102 valence electrons. The number of anilines is 1. The van der Waals surface area contributed by atoms with Crippen LogP contribution >= 0.6 is 0 Å². The molecule has 0 amide bonds. The van der Waals surface area contributed by atoms with Gasteiger partial charge in [-0.15, -0.1) is 0 Å². The monoisotopic (exact) mass is 249 g/mol. The Morgan fingerprint density at radius 2 is 1.83 bits per heavy atom. The van der Waals surface area contributed by atoms with Crippen LogP contribution in [0.2, 0.25) is 0 Å². The molecule has 0 aromatic heterocycles. The normalized spacial score (nSPS) is 10.9. The number of likely N-dealkylation sites (N-methyl/N-ethyl adjacent to an activating group) is 1. The van der Waals surface area contributed by atoms with E-state index in [1.54, 1.807) is 0 Å². The third-order valence-electron chi connectivity index (χ3n) is 3.26. The van der Waals surface area contributed by atoms with Gasteiger partial charge in [0.2, 0.25) is 0 Å². The molecule has 1 aromatic rings. The van der Waals surface area contributed by atoms with Gasteiger partial charge in [0.15, 0.2) is 0 Å². The lowest BCUT2D eigenvalue weighted by molar-refractivity contribution is 0.302. The molecule has 0 heterocycles. The average molecular weight is 249 g/mol. The molecule has 0 aliphatic heterocycles. The molecule has 0 fully saturated rings. The van der Waals surface area contributed by atoms with Gasteiger partial charge in [0.25, 0.3) is 0 Å². The van der Waals surface area contributed by atoms with Crippen LogP contribution < -0.4 is 10.2 Å². The Balaban J connectivity index is 2.33. The Bertz CT molecular complexity index is 332. The summed E-state index contributed by atoms with van der Waals surface area (Å²) in [5.41, 5.74) is 2.61. The number of hydrogen-bond acceptors (Lipinski definition) is 3. The van der Waals surface area contributed by atoms with Gasteiger partial charge in [0.1, 0.15) is 0 Å². The molecular formula is C15H27N3. The second-order valence-corrected chi connectivity index (χ2v) is 4.77. The number of rotatable bonds is 8. The van der Waals surface area contributed by atoms with Gasteiger partial charge in [-0.25, -0.2) is 0 Å². The van der Waals surface area contributed by atoms with E-state index in [1.165, 1.54) is 11.3 Å². The molecule has 1 rings (SSSR count). The molecule has 3 nitrogen and oxygen atoms in total. The summed E-state index contributed by atoms with van der Waals surface area (Å²) in [6.45, 7) is 9.81. The molecular weight excluding hydrogens is 222 g/mol. The summed E-state index contributed by atoms with van der Waals surface area (Å²) in [6.07, 6.45) is 0. The van der Waals surface area contributed by atoms with E-state index in [4.69, 9.17) is 0 Å². The minimum atomic E-state index is 0.947. The fourth-order valence-corrected chi connectivity index (χ4v) is 1.95. The fraction of sp³-hybridized carbons (Fsp3) is 0.600. The van der Waals surface area contributed by atoms with E-state index in [1.807, 2.05) is 0 Å². The summed E-state index contributed by atoms with van der Waals surface area (Å²) < 4.78 is 0. The molecule has 1 aromatic carbocycles. The van der Waals surface area contributed by atoms with Crippen LogP contribution in [0.5, 0.6) is 0 Å². The topological polar surface area (TPSA) is 18.5 Å². The molecule has 18 heavy (non-hydrogen) atoms. The summed E-state index contributed by atoms with van der Waals surface area (Å²) in [4.78, 5) is 4.57. The van der Waals surface area contributed by atoms with E-state index in [0.29, 0.717) is 0 Å². The second kappa shape index (κ2) is 8.11. The molecule has 0 unspecified atom stereocenters. The van der Waals surface area contributed by atoms with Gasteiger partial charge >= 0.3 is 0 Å². The lowest BCUT2D eigenvalue weighted by Crippen LogP contribution is -2.31. The minimum Gasteiger partial charge on any atom is -0.378 e. The highest BCUT2D eigenvalue weighted by Crippen LogP contribution is 2.12. The van der Waals surface area contributed by atoms with Crippen molar-refractivity contribution in [3.63, 3.8) is 0 Å². The average Bonchev–Trinajstić information content (AvgIpc) is 2.39. The predicted molar refractivity (Wildman–Crippen MR) is 80.3 cm³/mol. The van der Waals surface area contributed by atoms with Crippen LogP contribution in [0.15, 0.2) is 24.3 Å². The van der Waals surface area contributed by atoms with E-state index >= 15 is 0 Å². The fourth-order valence-electron chi connectivity index (χ4n) is 1.95. The Morgan fingerprint density at radius 3 is 2.44 bits per heavy atom. The highest BCUT2D eigenvalue weighted by atomic mass is 15.1. The molecule has 3 heteroatoms. The van der Waals surface area contributed by atoms with Crippen LogP contribution in [0.3, 0.4) is 0 Å². The van der Waals surface area contributed by atoms with E-state index in [0.717, 1.165) is 32.7 Å². The van der Waals surface area contributed by atoms with E-state index in [9.17, 15) is 0 Å². The van der Waals surface area contributed by atoms with E-state index < -0.39 is 0 Å². The van der Waals surface area contributed by atoms with Gasteiger partial charge in [-0.05, 0) is 30.8 Å². The van der Waals surface area contributed by atoms with Crippen LogP contribution in [-0.2, 0) is 6.54 Å². The van der Waals surface area contributed by atoms with Gasteiger partial charge in [0, 0.05) is 39.4 Å². The highest BCUT2D eigenvalue weighted by molar-refractivity contribution is 5.47. The SMILES string of the molecule is CCN(CC)CCNCc1cccc(N(C)C)c1. The Hall–Kier alpha value is -1.06. The lowest BCUT2D eigenvalue weighted by Gasteiger charge is -2.18. The Labute approximate surface area is 112 Å². The van der Waals surface area contributed by atoms with Crippen LogP contribution in [0.4, 0.5) is 5.69 Å². The van der Waals surface area contributed by atoms with Gasteiger partial charge in [-0.2, -0.15) is 0 Å². The van der Waals surface area contributed by atoms with Crippen molar-refractivity contribution in [1.82, 2.24) is 10.2 Å². The number of benzene rings is 1. The Kier molecular flexibility index (Phi) is 6.76. The zero-order chi connectivity index (χ0) is 13.4. The summed E-state index contributed by atoms with van der Waals surface area (Å²) in [5.74, 6) is 0. The maximum atomic E-state index is 3.51. The predicted octanol–water partition coefficient (Wildman–Crippen LogP) is 2.18. The summed E-state index contributed by atoms with van der Waals surface area (Å²) >= 11 is 0. The second-order valence-electron chi connectivity index (χ2n) is 4.77. The van der Waals surface area contributed by atoms with Crippen molar-refractivity contribution in [3.8, 4) is 0 Å². The number of hydrogen-bond donors (Lipinski definition) is 1. The first-order valence-electron chi connectivity index (χ1n) is 6.86. The summed E-state index contributed by atoms with van der Waals surface area (Å²) in [7, 11) is 4.15. The smallest absolute Gasteiger partial charge is 0.0364 e. The lowest BCUT2D eigenvalue weighted by atomic mass is 10.2. The minimum absolute atomic E-state index is 0.947. The molecule has 0 saturated carbocycles. The molecule has 0 aliphatic carbocycles. The number of nitrogens with one attached hydrogen (secondary N) is 1. The van der Waals surface area contributed by atoms with Gasteiger partial charge in [-0.1, -0.05) is 26.0 Å². The van der Waals surface area contributed by atoms with Crippen LogP contribution in [-0.4, -0.2) is 45.2 Å². The largest absolute Gasteiger partial charge is 0.378 e. The molecule has 0 aliphatic rings. The maximum Gasteiger partial charge on any atom is 0.0364 e. The quantitative estimate of drug-likeness (QED) is 0.713. The highest BCUT2D eigenvalue weighted by Gasteiger charge is 1.99. The molecule has 0 saturated heterocycles. The van der Waals surface area contributed by atoms with Crippen LogP contribution in [0.25, 0.3) is 0 Å². The standard InChI is InChI=1S/C15H27N3/c1-5-18(6-2)11-10-16-13-14-8-7-9-15(12-14)17(3)4/h7-9,12,16H,5-6,10-11,13H2,1-4H3. The Morgan fingerprint density at radius 1 is 1.11 bits per heavy atom. The zero-order valence-electron chi connectivity index (χ0n) is 12.2. The van der Waals surface area contributed by atoms with E-state index in [2.05, 4.69) is 67.3 Å². The summed E-state index contributed by atoms with van der Waals surface area (Å²) in [6, 6.07) is 8.68. The van der Waals surface area contributed by atoms with Crippen molar-refractivity contribution in [2.75, 3.05) is 45.2 Å². The third kappa shape index (κ3) is 5.07. The van der Waals surface area contributed by atoms with Crippen molar-refractivity contribution < 1.29 is 0 Å². The molecule has 0 spiro atoms. The first kappa shape index (κ1) is 15.0. The van der Waals surface area contributed by atoms with Gasteiger partial charge in [0.05, 0.1) is 0 Å². The zero-order valence-corrected chi connectivity index (χ0v) is 12.2. The first-order valence-corrected chi connectivity index (χ1v) is 6.86. The molecule has 0 radical (unpaired) electrons. The first-order chi connectivity index (χ1) is 8.67. The van der Waals surface area contributed by atoms with Crippen LogP contribution in [0, 0.1) is 0 Å². The molecule has 1 N–H and O–H groups in total. The number of nitrogens with zero attached hydrogens (tertiary/aromatic N) is 2. The van der Waals surface area contributed by atoms with E-state index in [-0.39, 0.29) is 0 Å². The van der Waals surface area contributed by atoms with Gasteiger partial charge < -0.3 is 15.1 Å². The van der Waals surface area contributed by atoms with Crippen LogP contribution in [0.1, 0.15) is 19.4 Å². The van der Waals surface area contributed by atoms with Crippen molar-refractivity contribution >= 4 is 5.69 Å². The van der Waals surface area contributed by atoms with Gasteiger partial charge in [-0.3, -0.25) is 0 Å². The van der Waals surface area contributed by atoms with Crippen molar-refractivity contribution in [3.05, 3.63) is 29.8 Å². The maximum absolute atomic E-state index is 3.51. The van der Waals surface area contributed by atoms with Crippen molar-refractivity contribution in [1.29, 1.82) is 0 Å². The third-order valence-corrected chi connectivity index (χ3v) is 3.26. The summed E-state index contributed by atoms with van der Waals surface area (Å²) in [5, 5.41) is 3.51. The molecule has 0 bridgehead atoms.